The minimum Gasteiger partial charge on any atom is -0.496 e. The first kappa shape index (κ1) is 23.5. The molecular weight excluding hydrogens is 418 g/mol. The molecule has 2 N–H and O–H groups in total. The Labute approximate surface area is 184 Å². The maximum Gasteiger partial charge on any atom is 0.264 e. The second-order valence-corrected chi connectivity index (χ2v) is 9.98. The molecular formula is C22H33N3O5S. The lowest BCUT2D eigenvalue weighted by atomic mass is 9.89. The summed E-state index contributed by atoms with van der Waals surface area (Å²) in [6.45, 7) is 4.54. The summed E-state index contributed by atoms with van der Waals surface area (Å²) < 4.78 is 33.1. The van der Waals surface area contributed by atoms with Crippen LogP contribution in [0.1, 0.15) is 62.2 Å². The van der Waals surface area contributed by atoms with Crippen molar-refractivity contribution in [3.8, 4) is 5.75 Å². The van der Waals surface area contributed by atoms with Crippen LogP contribution in [0.4, 0.5) is 0 Å². The first-order valence-electron chi connectivity index (χ1n) is 11.1. The second-order valence-electron chi connectivity index (χ2n) is 8.30. The maximum absolute atomic E-state index is 12.8. The smallest absolute Gasteiger partial charge is 0.264 e. The number of likely N-dealkylation sites (tertiary alicyclic amines) is 1. The first-order valence-corrected chi connectivity index (χ1v) is 12.6. The van der Waals surface area contributed by atoms with Crippen molar-refractivity contribution in [2.75, 3.05) is 26.7 Å². The number of rotatable bonds is 8. The summed E-state index contributed by atoms with van der Waals surface area (Å²) in [7, 11) is -2.65. The van der Waals surface area contributed by atoms with Gasteiger partial charge in [-0.15, -0.1) is 0 Å². The summed E-state index contributed by atoms with van der Waals surface area (Å²) in [5.41, 5.74) is 0.136. The quantitative estimate of drug-likeness (QED) is 0.628. The molecule has 172 valence electrons. The van der Waals surface area contributed by atoms with E-state index in [0.717, 1.165) is 45.2 Å². The molecule has 1 aromatic carbocycles. The largest absolute Gasteiger partial charge is 0.496 e. The van der Waals surface area contributed by atoms with E-state index < -0.39 is 21.8 Å². The van der Waals surface area contributed by atoms with E-state index in [4.69, 9.17) is 4.74 Å². The standard InChI is InChI=1S/C22H33N3O5S/c1-3-25-13-7-10-17(25)15-23-22(27)19-14-18(11-12-20(19)30-2)31(28,29)24-21(26)16-8-5-4-6-9-16/h11-12,14,16-17H,3-10,13,15H2,1-2H3,(H,23,27)(H,24,26). The van der Waals surface area contributed by atoms with Crippen molar-refractivity contribution in [2.45, 2.75) is 62.8 Å². The summed E-state index contributed by atoms with van der Waals surface area (Å²) in [5, 5.41) is 2.91. The van der Waals surface area contributed by atoms with Crippen LogP contribution < -0.4 is 14.8 Å². The zero-order valence-corrected chi connectivity index (χ0v) is 19.2. The van der Waals surface area contributed by atoms with E-state index in [0.29, 0.717) is 19.4 Å². The molecule has 0 spiro atoms. The van der Waals surface area contributed by atoms with E-state index >= 15 is 0 Å². The van der Waals surface area contributed by atoms with Gasteiger partial charge in [0, 0.05) is 18.5 Å². The number of ether oxygens (including phenoxy) is 1. The molecule has 1 heterocycles. The number of sulfonamides is 1. The van der Waals surface area contributed by atoms with Gasteiger partial charge in [0.25, 0.3) is 15.9 Å². The predicted molar refractivity (Wildman–Crippen MR) is 117 cm³/mol. The molecule has 3 rings (SSSR count). The summed E-state index contributed by atoms with van der Waals surface area (Å²) in [6.07, 6.45) is 6.47. The van der Waals surface area contributed by atoms with Crippen LogP contribution in [0.3, 0.4) is 0 Å². The fourth-order valence-electron chi connectivity index (χ4n) is 4.52. The maximum atomic E-state index is 12.8. The average Bonchev–Trinajstić information content (AvgIpc) is 3.25. The predicted octanol–water partition coefficient (Wildman–Crippen LogP) is 2.29. The molecule has 1 aliphatic carbocycles. The highest BCUT2D eigenvalue weighted by Gasteiger charge is 2.28. The lowest BCUT2D eigenvalue weighted by Gasteiger charge is -2.23. The van der Waals surface area contributed by atoms with Gasteiger partial charge in [0.1, 0.15) is 5.75 Å². The van der Waals surface area contributed by atoms with Gasteiger partial charge in [0.05, 0.1) is 17.6 Å². The highest BCUT2D eigenvalue weighted by molar-refractivity contribution is 7.90. The number of amides is 2. The summed E-state index contributed by atoms with van der Waals surface area (Å²) in [6, 6.07) is 4.35. The topological polar surface area (TPSA) is 105 Å². The molecule has 1 atom stereocenters. The van der Waals surface area contributed by atoms with Gasteiger partial charge in [-0.2, -0.15) is 0 Å². The van der Waals surface area contributed by atoms with Gasteiger partial charge < -0.3 is 10.1 Å². The minimum absolute atomic E-state index is 0.126. The first-order chi connectivity index (χ1) is 14.9. The zero-order valence-electron chi connectivity index (χ0n) is 18.4. The number of nitrogens with one attached hydrogen (secondary N) is 2. The van der Waals surface area contributed by atoms with Crippen LogP contribution in [0, 0.1) is 5.92 Å². The Morgan fingerprint density at radius 2 is 1.87 bits per heavy atom. The van der Waals surface area contributed by atoms with Crippen LogP contribution in [-0.2, 0) is 14.8 Å². The summed E-state index contributed by atoms with van der Waals surface area (Å²) >= 11 is 0. The van der Waals surface area contributed by atoms with Crippen molar-refractivity contribution in [2.24, 2.45) is 5.92 Å². The molecule has 0 radical (unpaired) electrons. The number of likely N-dealkylation sites (N-methyl/N-ethyl adjacent to an activating group) is 1. The van der Waals surface area contributed by atoms with Crippen molar-refractivity contribution in [1.29, 1.82) is 0 Å². The van der Waals surface area contributed by atoms with Gasteiger partial charge in [-0.3, -0.25) is 14.5 Å². The molecule has 8 nitrogen and oxygen atoms in total. The van der Waals surface area contributed by atoms with Crippen LogP contribution in [0.5, 0.6) is 5.75 Å². The van der Waals surface area contributed by atoms with Crippen molar-refractivity contribution < 1.29 is 22.7 Å². The monoisotopic (exact) mass is 451 g/mol. The normalized spacial score (nSPS) is 20.4. The minimum atomic E-state index is -4.08. The molecule has 1 aromatic rings. The second kappa shape index (κ2) is 10.5. The van der Waals surface area contributed by atoms with Crippen LogP contribution in [-0.4, -0.2) is 57.9 Å². The fraction of sp³-hybridized carbons (Fsp3) is 0.636. The Bertz CT molecular complexity index is 896. The highest BCUT2D eigenvalue weighted by atomic mass is 32.2. The SMILES string of the molecule is CCN1CCCC1CNC(=O)c1cc(S(=O)(=O)NC(=O)C2CCCCC2)ccc1OC. The third kappa shape index (κ3) is 5.77. The number of benzene rings is 1. The van der Waals surface area contributed by atoms with Gasteiger partial charge in [-0.1, -0.05) is 26.2 Å². The summed E-state index contributed by atoms with van der Waals surface area (Å²) in [4.78, 5) is 27.5. The van der Waals surface area contributed by atoms with Crippen LogP contribution in [0.15, 0.2) is 23.1 Å². The average molecular weight is 452 g/mol. The van der Waals surface area contributed by atoms with Gasteiger partial charge >= 0.3 is 0 Å². The van der Waals surface area contributed by atoms with Crippen molar-refractivity contribution in [3.63, 3.8) is 0 Å². The number of nitrogens with zero attached hydrogens (tertiary/aromatic N) is 1. The Balaban J connectivity index is 1.72. The van der Waals surface area contributed by atoms with E-state index in [1.165, 1.54) is 25.3 Å². The lowest BCUT2D eigenvalue weighted by Crippen LogP contribution is -2.40. The third-order valence-corrected chi connectivity index (χ3v) is 7.68. The highest BCUT2D eigenvalue weighted by Crippen LogP contribution is 2.26. The lowest BCUT2D eigenvalue weighted by molar-refractivity contribution is -0.124. The molecule has 1 saturated heterocycles. The van der Waals surface area contributed by atoms with Crippen molar-refractivity contribution in [3.05, 3.63) is 23.8 Å². The Morgan fingerprint density at radius 1 is 1.13 bits per heavy atom. The number of hydrogen-bond donors (Lipinski definition) is 2. The Morgan fingerprint density at radius 3 is 2.55 bits per heavy atom. The molecule has 0 aromatic heterocycles. The molecule has 2 amide bonds. The van der Waals surface area contributed by atoms with Crippen LogP contribution >= 0.6 is 0 Å². The van der Waals surface area contributed by atoms with Crippen molar-refractivity contribution >= 4 is 21.8 Å². The molecule has 1 aliphatic heterocycles. The number of hydrogen-bond acceptors (Lipinski definition) is 6. The molecule has 31 heavy (non-hydrogen) atoms. The van der Waals surface area contributed by atoms with Gasteiger partial charge in [-0.05, 0) is 57.0 Å². The number of carbonyl (C=O) groups excluding carboxylic acids is 2. The molecule has 2 aliphatic rings. The fourth-order valence-corrected chi connectivity index (χ4v) is 5.59. The van der Waals surface area contributed by atoms with E-state index in [-0.39, 0.29) is 28.2 Å². The van der Waals surface area contributed by atoms with Crippen molar-refractivity contribution in [1.82, 2.24) is 14.9 Å². The molecule has 1 unspecified atom stereocenters. The Kier molecular flexibility index (Phi) is 7.94. The molecule has 2 fully saturated rings. The third-order valence-electron chi connectivity index (χ3n) is 6.34. The molecule has 9 heteroatoms. The van der Waals surface area contributed by atoms with Gasteiger partial charge in [0.2, 0.25) is 5.91 Å². The van der Waals surface area contributed by atoms with E-state index in [1.807, 2.05) is 0 Å². The molecule has 1 saturated carbocycles. The summed E-state index contributed by atoms with van der Waals surface area (Å²) in [5.74, 6) is -0.857. The van der Waals surface area contributed by atoms with Gasteiger partial charge in [-0.25, -0.2) is 13.1 Å². The van der Waals surface area contributed by atoms with E-state index in [1.54, 1.807) is 0 Å². The molecule has 0 bridgehead atoms. The van der Waals surface area contributed by atoms with Crippen LogP contribution in [0.25, 0.3) is 0 Å². The van der Waals surface area contributed by atoms with Gasteiger partial charge in [0.15, 0.2) is 0 Å². The Hall–Kier alpha value is -2.13. The van der Waals surface area contributed by atoms with E-state index in [9.17, 15) is 18.0 Å². The van der Waals surface area contributed by atoms with E-state index in [2.05, 4.69) is 21.9 Å². The number of carbonyl (C=O) groups is 2. The van der Waals surface area contributed by atoms with Crippen LogP contribution in [0.2, 0.25) is 0 Å². The number of methoxy groups -OCH3 is 1. The zero-order chi connectivity index (χ0) is 22.4.